The number of nitrogens with zero attached hydrogens (tertiary/aromatic N) is 1. The van der Waals surface area contributed by atoms with Crippen LogP contribution in [0.25, 0.3) is 0 Å². The molecule has 1 aromatic carbocycles. The number of likely N-dealkylation sites (N-methyl/N-ethyl adjacent to an activating group) is 1. The van der Waals surface area contributed by atoms with E-state index in [2.05, 4.69) is 0 Å². The summed E-state index contributed by atoms with van der Waals surface area (Å²) in [5.74, 6) is -5.09. The van der Waals surface area contributed by atoms with E-state index in [1.807, 2.05) is 25.9 Å². The van der Waals surface area contributed by atoms with Crippen LogP contribution in [0.4, 0.5) is 13.2 Å². The first-order valence-electron chi connectivity index (χ1n) is 10.9. The molecule has 1 aliphatic rings. The SMILES string of the molecule is CN(C(=O)c1cc(=O)[nH]o1)C(C(=O)Cc1ccc(C(C)(C)C)c(F)c1)C1CCC(F)(F)CC1. The van der Waals surface area contributed by atoms with E-state index < -0.39 is 40.6 Å². The smallest absolute Gasteiger partial charge is 0.292 e. The van der Waals surface area contributed by atoms with Crippen LogP contribution in [-0.4, -0.2) is 40.8 Å². The number of halogens is 3. The lowest BCUT2D eigenvalue weighted by Gasteiger charge is -2.37. The fourth-order valence-electron chi connectivity index (χ4n) is 4.44. The van der Waals surface area contributed by atoms with Gasteiger partial charge < -0.3 is 9.42 Å². The topological polar surface area (TPSA) is 83.4 Å². The summed E-state index contributed by atoms with van der Waals surface area (Å²) < 4.78 is 47.0. The van der Waals surface area contributed by atoms with Gasteiger partial charge in [-0.25, -0.2) is 13.2 Å². The molecule has 3 rings (SSSR count). The van der Waals surface area contributed by atoms with Gasteiger partial charge in [0.15, 0.2) is 5.78 Å². The Morgan fingerprint density at radius 2 is 1.85 bits per heavy atom. The molecule has 9 heteroatoms. The monoisotopic (exact) mass is 466 g/mol. The minimum atomic E-state index is -2.80. The number of H-pyrrole nitrogens is 1. The molecule has 1 amide bonds. The van der Waals surface area contributed by atoms with Crippen molar-refractivity contribution in [1.82, 2.24) is 10.1 Å². The van der Waals surface area contributed by atoms with Gasteiger partial charge in [-0.1, -0.05) is 32.9 Å². The molecule has 0 spiro atoms. The molecule has 0 bridgehead atoms. The Labute approximate surface area is 190 Å². The average molecular weight is 467 g/mol. The minimum absolute atomic E-state index is 0.0649. The predicted molar refractivity (Wildman–Crippen MR) is 116 cm³/mol. The summed E-state index contributed by atoms with van der Waals surface area (Å²) in [6.45, 7) is 5.64. The quantitative estimate of drug-likeness (QED) is 0.680. The molecule has 1 atom stereocenters. The van der Waals surface area contributed by atoms with Crippen molar-refractivity contribution in [2.24, 2.45) is 5.92 Å². The number of ketones is 1. The van der Waals surface area contributed by atoms with E-state index in [0.29, 0.717) is 11.1 Å². The number of nitrogens with one attached hydrogen (secondary N) is 1. The highest BCUT2D eigenvalue weighted by molar-refractivity contribution is 5.96. The zero-order valence-corrected chi connectivity index (χ0v) is 19.2. The summed E-state index contributed by atoms with van der Waals surface area (Å²) in [6.07, 6.45) is -0.784. The molecule has 1 aromatic heterocycles. The first-order valence-corrected chi connectivity index (χ1v) is 10.9. The second-order valence-electron chi connectivity index (χ2n) is 9.84. The molecule has 1 fully saturated rings. The standard InChI is InChI=1S/C24H29F3N2O4/c1-23(2,3)16-6-5-14(11-17(16)25)12-18(30)21(15-7-9-24(26,27)10-8-15)29(4)22(32)19-13-20(31)28-33-19/h5-6,11,13,15,21H,7-10,12H2,1-4H3,(H,28,31). The molecule has 1 heterocycles. The molecule has 6 nitrogen and oxygen atoms in total. The Bertz CT molecular complexity index is 1070. The fourth-order valence-corrected chi connectivity index (χ4v) is 4.44. The first kappa shape index (κ1) is 24.8. The van der Waals surface area contributed by atoms with Crippen molar-refractivity contribution in [1.29, 1.82) is 0 Å². The maximum absolute atomic E-state index is 14.6. The van der Waals surface area contributed by atoms with Gasteiger partial charge in [0.05, 0.1) is 12.1 Å². The molecule has 1 N–H and O–H groups in total. The van der Waals surface area contributed by atoms with Gasteiger partial charge in [0.25, 0.3) is 11.5 Å². The van der Waals surface area contributed by atoms with Crippen LogP contribution in [0.15, 0.2) is 33.6 Å². The number of rotatable bonds is 6. The van der Waals surface area contributed by atoms with Gasteiger partial charge in [-0.15, -0.1) is 0 Å². The lowest BCUT2D eigenvalue weighted by Crippen LogP contribution is -2.49. The second-order valence-corrected chi connectivity index (χ2v) is 9.84. The number of Topliss-reactive ketones (excluding diaryl/α,β-unsaturated/α-hetero) is 1. The predicted octanol–water partition coefficient (Wildman–Crippen LogP) is 4.48. The molecule has 33 heavy (non-hydrogen) atoms. The third kappa shape index (κ3) is 5.75. The second kappa shape index (κ2) is 9.19. The largest absolute Gasteiger partial charge is 0.373 e. The maximum Gasteiger partial charge on any atom is 0.292 e. The van der Waals surface area contributed by atoms with E-state index in [1.165, 1.54) is 13.1 Å². The van der Waals surface area contributed by atoms with Crippen LogP contribution in [0.1, 0.15) is 68.1 Å². The van der Waals surface area contributed by atoms with Crippen LogP contribution in [-0.2, 0) is 16.6 Å². The van der Waals surface area contributed by atoms with Crippen LogP contribution >= 0.6 is 0 Å². The Kier molecular flexibility index (Phi) is 6.91. The number of aromatic amines is 1. The van der Waals surface area contributed by atoms with Gasteiger partial charge in [0.2, 0.25) is 11.7 Å². The third-order valence-electron chi connectivity index (χ3n) is 6.23. The molecule has 0 saturated heterocycles. The van der Waals surface area contributed by atoms with Crippen LogP contribution in [0.3, 0.4) is 0 Å². The van der Waals surface area contributed by atoms with E-state index in [0.717, 1.165) is 11.0 Å². The Morgan fingerprint density at radius 3 is 2.36 bits per heavy atom. The highest BCUT2D eigenvalue weighted by Crippen LogP contribution is 2.39. The van der Waals surface area contributed by atoms with E-state index >= 15 is 0 Å². The number of hydrogen-bond acceptors (Lipinski definition) is 4. The van der Waals surface area contributed by atoms with Gasteiger partial charge in [-0.05, 0) is 41.4 Å². The molecule has 1 saturated carbocycles. The highest BCUT2D eigenvalue weighted by Gasteiger charge is 2.42. The summed E-state index contributed by atoms with van der Waals surface area (Å²) in [4.78, 5) is 38.7. The maximum atomic E-state index is 14.6. The molecule has 180 valence electrons. The molecule has 0 aliphatic heterocycles. The number of aromatic nitrogens is 1. The Morgan fingerprint density at radius 1 is 1.21 bits per heavy atom. The Hall–Kier alpha value is -2.84. The summed E-state index contributed by atoms with van der Waals surface area (Å²) in [7, 11) is 1.38. The molecule has 0 radical (unpaired) electrons. The fraction of sp³-hybridized carbons (Fsp3) is 0.542. The number of carbonyl (C=O) groups is 2. The van der Waals surface area contributed by atoms with Crippen molar-refractivity contribution < 1.29 is 27.3 Å². The number of carbonyl (C=O) groups excluding carboxylic acids is 2. The van der Waals surface area contributed by atoms with Crippen LogP contribution in [0.5, 0.6) is 0 Å². The molecule has 1 unspecified atom stereocenters. The van der Waals surface area contributed by atoms with Crippen LogP contribution in [0, 0.1) is 11.7 Å². The first-order chi connectivity index (χ1) is 15.3. The molecule has 1 aliphatic carbocycles. The number of benzene rings is 1. The highest BCUT2D eigenvalue weighted by atomic mass is 19.3. The van der Waals surface area contributed by atoms with E-state index in [-0.39, 0.29) is 43.6 Å². The van der Waals surface area contributed by atoms with Crippen molar-refractivity contribution in [3.05, 3.63) is 57.3 Å². The summed E-state index contributed by atoms with van der Waals surface area (Å²) >= 11 is 0. The van der Waals surface area contributed by atoms with Gasteiger partial charge in [-0.2, -0.15) is 5.16 Å². The van der Waals surface area contributed by atoms with Crippen molar-refractivity contribution in [3.8, 4) is 0 Å². The molecular weight excluding hydrogens is 437 g/mol. The van der Waals surface area contributed by atoms with Crippen molar-refractivity contribution in [2.45, 2.75) is 70.3 Å². The van der Waals surface area contributed by atoms with Crippen molar-refractivity contribution >= 4 is 11.7 Å². The van der Waals surface area contributed by atoms with Crippen molar-refractivity contribution in [2.75, 3.05) is 7.05 Å². The van der Waals surface area contributed by atoms with E-state index in [1.54, 1.807) is 12.1 Å². The van der Waals surface area contributed by atoms with Gasteiger partial charge in [-0.3, -0.25) is 14.4 Å². The zero-order valence-electron chi connectivity index (χ0n) is 19.2. The lowest BCUT2D eigenvalue weighted by atomic mass is 9.79. The third-order valence-corrected chi connectivity index (χ3v) is 6.23. The number of hydrogen-bond donors (Lipinski definition) is 1. The average Bonchev–Trinajstić information content (AvgIpc) is 3.14. The number of alkyl halides is 2. The van der Waals surface area contributed by atoms with Crippen LogP contribution in [0.2, 0.25) is 0 Å². The van der Waals surface area contributed by atoms with Gasteiger partial charge in [0, 0.05) is 26.3 Å². The van der Waals surface area contributed by atoms with Crippen molar-refractivity contribution in [3.63, 3.8) is 0 Å². The van der Waals surface area contributed by atoms with Gasteiger partial charge >= 0.3 is 0 Å². The molecule has 2 aromatic rings. The van der Waals surface area contributed by atoms with E-state index in [4.69, 9.17) is 4.52 Å². The lowest BCUT2D eigenvalue weighted by molar-refractivity contribution is -0.126. The minimum Gasteiger partial charge on any atom is -0.373 e. The number of amides is 1. The van der Waals surface area contributed by atoms with Gasteiger partial charge in [0.1, 0.15) is 5.82 Å². The van der Waals surface area contributed by atoms with E-state index in [9.17, 15) is 27.6 Å². The summed E-state index contributed by atoms with van der Waals surface area (Å²) in [5.41, 5.74) is -0.0677. The van der Waals surface area contributed by atoms with Crippen LogP contribution < -0.4 is 5.56 Å². The Balaban J connectivity index is 1.87. The zero-order chi connectivity index (χ0) is 24.6. The summed E-state index contributed by atoms with van der Waals surface area (Å²) in [5, 5.41) is 2.02. The summed E-state index contributed by atoms with van der Waals surface area (Å²) in [6, 6.07) is 4.56. The normalized spacial score (nSPS) is 17.5. The molecular formula is C24H29F3N2O4.